The van der Waals surface area contributed by atoms with Gasteiger partial charge in [-0.25, -0.2) is 18.4 Å². The lowest BCUT2D eigenvalue weighted by Crippen LogP contribution is -2.24. The summed E-state index contributed by atoms with van der Waals surface area (Å²) in [5.74, 6) is -2.13. The van der Waals surface area contributed by atoms with Crippen molar-refractivity contribution in [3.05, 3.63) is 35.2 Å². The molecule has 1 amide bonds. The first-order valence-corrected chi connectivity index (χ1v) is 10.4. The van der Waals surface area contributed by atoms with Crippen LogP contribution < -0.4 is 5.32 Å². The van der Waals surface area contributed by atoms with Crippen LogP contribution in [0.3, 0.4) is 0 Å². The number of aromatic nitrogens is 5. The minimum absolute atomic E-state index is 0.261. The van der Waals surface area contributed by atoms with Crippen LogP contribution in [0.2, 0.25) is 0 Å². The summed E-state index contributed by atoms with van der Waals surface area (Å²) in [5.41, 5.74) is 0.889. The van der Waals surface area contributed by atoms with Crippen LogP contribution in [0.5, 0.6) is 0 Å². The number of hydrogen-bond donors (Lipinski definition) is 1. The van der Waals surface area contributed by atoms with Crippen molar-refractivity contribution in [3.8, 4) is 11.3 Å². The van der Waals surface area contributed by atoms with Gasteiger partial charge in [0, 0.05) is 17.5 Å². The number of carbonyl (C=O) groups is 1. The predicted octanol–water partition coefficient (Wildman–Crippen LogP) is 2.76. The highest BCUT2D eigenvalue weighted by Gasteiger charge is 2.20. The van der Waals surface area contributed by atoms with Gasteiger partial charge in [0.2, 0.25) is 11.1 Å². The number of hydrogen-bond acceptors (Lipinski definition) is 8. The fourth-order valence-corrected chi connectivity index (χ4v) is 3.79. The first-order chi connectivity index (χ1) is 13.8. The Balaban J connectivity index is 1.61. The Morgan fingerprint density at radius 1 is 1.34 bits per heavy atom. The van der Waals surface area contributed by atoms with E-state index in [1.165, 1.54) is 29.2 Å². The second kappa shape index (κ2) is 9.37. The zero-order valence-electron chi connectivity index (χ0n) is 16.0. The molecule has 0 saturated carbocycles. The molecule has 1 unspecified atom stereocenters. The smallest absolute Gasteiger partial charge is 0.239 e. The summed E-state index contributed by atoms with van der Waals surface area (Å²) < 4.78 is 28.1. The monoisotopic (exact) mass is 439 g/mol. The van der Waals surface area contributed by atoms with Crippen molar-refractivity contribution in [2.45, 2.75) is 23.9 Å². The topological polar surface area (TPSA) is 88.8 Å². The Labute approximate surface area is 174 Å². The molecule has 1 atom stereocenters. The molecule has 0 aliphatic rings. The molecule has 0 saturated heterocycles. The standard InChI is InChI=1S/C17H19F2N7OS2/c1-10(29-17-22-23-24-26(17)7-6-25(2)3)15(27)21-16-20-14(9-28-16)11-4-5-12(18)13(19)8-11/h4-5,8-10H,6-7H2,1-3H3,(H,20,21,27). The van der Waals surface area contributed by atoms with Gasteiger partial charge in [-0.3, -0.25) is 4.79 Å². The van der Waals surface area contributed by atoms with Crippen molar-refractivity contribution in [1.29, 1.82) is 0 Å². The summed E-state index contributed by atoms with van der Waals surface area (Å²) in [4.78, 5) is 18.8. The molecule has 1 aromatic carbocycles. The summed E-state index contributed by atoms with van der Waals surface area (Å²) in [6.45, 7) is 3.13. The van der Waals surface area contributed by atoms with Crippen molar-refractivity contribution < 1.29 is 13.6 Å². The van der Waals surface area contributed by atoms with Crippen LogP contribution in [0.15, 0.2) is 28.7 Å². The largest absolute Gasteiger partial charge is 0.308 e. The molecule has 0 spiro atoms. The van der Waals surface area contributed by atoms with Gasteiger partial charge in [0.25, 0.3) is 0 Å². The summed E-state index contributed by atoms with van der Waals surface area (Å²) in [5, 5.41) is 16.4. The van der Waals surface area contributed by atoms with Crippen LogP contribution in [-0.2, 0) is 11.3 Å². The number of nitrogens with zero attached hydrogens (tertiary/aromatic N) is 6. The second-order valence-electron chi connectivity index (χ2n) is 6.40. The highest BCUT2D eigenvalue weighted by Crippen LogP contribution is 2.27. The molecule has 1 N–H and O–H groups in total. The van der Waals surface area contributed by atoms with Crippen molar-refractivity contribution in [2.24, 2.45) is 0 Å². The molecule has 29 heavy (non-hydrogen) atoms. The second-order valence-corrected chi connectivity index (χ2v) is 8.57. The highest BCUT2D eigenvalue weighted by atomic mass is 32.2. The number of anilines is 1. The summed E-state index contributed by atoms with van der Waals surface area (Å²) in [7, 11) is 3.91. The van der Waals surface area contributed by atoms with Gasteiger partial charge < -0.3 is 10.2 Å². The van der Waals surface area contributed by atoms with Crippen LogP contribution in [0, 0.1) is 11.6 Å². The van der Waals surface area contributed by atoms with Crippen molar-refractivity contribution >= 4 is 34.1 Å². The lowest BCUT2D eigenvalue weighted by molar-refractivity contribution is -0.115. The minimum Gasteiger partial charge on any atom is -0.308 e. The third kappa shape index (κ3) is 5.55. The van der Waals surface area contributed by atoms with Crippen molar-refractivity contribution in [2.75, 3.05) is 26.0 Å². The van der Waals surface area contributed by atoms with Crippen molar-refractivity contribution in [1.82, 2.24) is 30.1 Å². The third-order valence-electron chi connectivity index (χ3n) is 3.86. The molecule has 0 aliphatic carbocycles. The predicted molar refractivity (Wildman–Crippen MR) is 108 cm³/mol. The van der Waals surface area contributed by atoms with E-state index in [4.69, 9.17) is 0 Å². The number of amides is 1. The van der Waals surface area contributed by atoms with E-state index in [0.717, 1.165) is 18.7 Å². The first kappa shape index (κ1) is 21.3. The molecule has 2 aromatic heterocycles. The molecule has 0 fully saturated rings. The Kier molecular flexibility index (Phi) is 6.87. The summed E-state index contributed by atoms with van der Waals surface area (Å²) in [6, 6.07) is 3.55. The van der Waals surface area contributed by atoms with E-state index >= 15 is 0 Å². The van der Waals surface area contributed by atoms with E-state index in [1.54, 1.807) is 17.0 Å². The van der Waals surface area contributed by atoms with Crippen LogP contribution in [0.25, 0.3) is 11.3 Å². The minimum atomic E-state index is -0.946. The van der Waals surface area contributed by atoms with Crippen LogP contribution in [0.4, 0.5) is 13.9 Å². The van der Waals surface area contributed by atoms with E-state index in [1.807, 2.05) is 19.0 Å². The van der Waals surface area contributed by atoms with Crippen molar-refractivity contribution in [3.63, 3.8) is 0 Å². The zero-order valence-corrected chi connectivity index (χ0v) is 17.6. The average molecular weight is 440 g/mol. The Morgan fingerprint density at radius 2 is 2.14 bits per heavy atom. The van der Waals surface area contributed by atoms with E-state index in [-0.39, 0.29) is 5.91 Å². The first-order valence-electron chi connectivity index (χ1n) is 8.63. The molecule has 0 bridgehead atoms. The molecule has 2 heterocycles. The Bertz CT molecular complexity index is 992. The number of likely N-dealkylation sites (N-methyl/N-ethyl adjacent to an activating group) is 1. The molecule has 12 heteroatoms. The van der Waals surface area contributed by atoms with Gasteiger partial charge in [0.05, 0.1) is 17.5 Å². The number of carbonyl (C=O) groups excluding carboxylic acids is 1. The van der Waals surface area contributed by atoms with Gasteiger partial charge in [-0.2, -0.15) is 0 Å². The maximum atomic E-state index is 13.4. The molecular weight excluding hydrogens is 420 g/mol. The highest BCUT2D eigenvalue weighted by molar-refractivity contribution is 8.00. The summed E-state index contributed by atoms with van der Waals surface area (Å²) in [6.07, 6.45) is 0. The summed E-state index contributed by atoms with van der Waals surface area (Å²) >= 11 is 2.45. The van der Waals surface area contributed by atoms with Gasteiger partial charge in [-0.1, -0.05) is 11.8 Å². The lowest BCUT2D eigenvalue weighted by atomic mass is 10.2. The molecule has 3 rings (SSSR count). The average Bonchev–Trinajstić information content (AvgIpc) is 3.31. The number of nitrogens with one attached hydrogen (secondary N) is 1. The van der Waals surface area contributed by atoms with Crippen LogP contribution in [0.1, 0.15) is 6.92 Å². The SMILES string of the molecule is CC(Sc1nnnn1CCN(C)C)C(=O)Nc1nc(-c2ccc(F)c(F)c2)cs1. The van der Waals surface area contributed by atoms with E-state index in [2.05, 4.69) is 25.8 Å². The van der Waals surface area contributed by atoms with E-state index in [0.29, 0.717) is 28.1 Å². The van der Waals surface area contributed by atoms with Crippen LogP contribution in [-0.4, -0.2) is 61.9 Å². The van der Waals surface area contributed by atoms with E-state index < -0.39 is 16.9 Å². The fourth-order valence-electron chi connectivity index (χ4n) is 2.25. The number of rotatable bonds is 8. The maximum absolute atomic E-state index is 13.4. The van der Waals surface area contributed by atoms with Gasteiger partial charge in [-0.15, -0.1) is 16.4 Å². The number of benzene rings is 1. The number of thiazole rings is 1. The van der Waals surface area contributed by atoms with Gasteiger partial charge in [-0.05, 0) is 49.6 Å². The molecule has 3 aromatic rings. The number of tetrazole rings is 1. The molecule has 0 radical (unpaired) electrons. The van der Waals surface area contributed by atoms with Gasteiger partial charge >= 0.3 is 0 Å². The number of thioether (sulfide) groups is 1. The fraction of sp³-hybridized carbons (Fsp3) is 0.353. The molecular formula is C17H19F2N7OS2. The normalized spacial score (nSPS) is 12.3. The van der Waals surface area contributed by atoms with Gasteiger partial charge in [0.1, 0.15) is 0 Å². The molecule has 0 aliphatic heterocycles. The third-order valence-corrected chi connectivity index (χ3v) is 5.69. The molecule has 154 valence electrons. The maximum Gasteiger partial charge on any atom is 0.239 e. The number of halogens is 2. The van der Waals surface area contributed by atoms with Crippen LogP contribution >= 0.6 is 23.1 Å². The lowest BCUT2D eigenvalue weighted by Gasteiger charge is -2.12. The Hall–Kier alpha value is -2.44. The van der Waals surface area contributed by atoms with E-state index in [9.17, 15) is 13.6 Å². The Morgan fingerprint density at radius 3 is 2.86 bits per heavy atom. The quantitative estimate of drug-likeness (QED) is 0.540. The molecule has 8 nitrogen and oxygen atoms in total. The zero-order chi connectivity index (χ0) is 21.0. The van der Waals surface area contributed by atoms with Gasteiger partial charge in [0.15, 0.2) is 16.8 Å².